The van der Waals surface area contributed by atoms with Crippen molar-refractivity contribution in [1.82, 2.24) is 0 Å². The van der Waals surface area contributed by atoms with E-state index in [1.807, 2.05) is 29.1 Å². The molecule has 0 aliphatic heterocycles. The van der Waals surface area contributed by atoms with Gasteiger partial charge in [-0.25, -0.2) is 13.3 Å². The van der Waals surface area contributed by atoms with E-state index >= 15 is 0 Å². The maximum Gasteiger partial charge on any atom is 0.269 e. The second-order valence-electron chi connectivity index (χ2n) is 7.92. The van der Waals surface area contributed by atoms with Crippen LogP contribution in [0.25, 0.3) is 0 Å². The van der Waals surface area contributed by atoms with Crippen LogP contribution in [-0.4, -0.2) is 4.92 Å². The Labute approximate surface area is 196 Å². The van der Waals surface area contributed by atoms with Gasteiger partial charge in [0.2, 0.25) is 0 Å². The molecule has 7 heteroatoms. The zero-order chi connectivity index (χ0) is 23.9. The van der Waals surface area contributed by atoms with E-state index in [2.05, 4.69) is 0 Å². The summed E-state index contributed by atoms with van der Waals surface area (Å²) in [7, 11) is 0. The van der Waals surface area contributed by atoms with E-state index in [0.29, 0.717) is 11.5 Å². The second-order valence-corrected chi connectivity index (χ2v) is 7.92. The summed E-state index contributed by atoms with van der Waals surface area (Å²) in [5.74, 6) is 0.610. The van der Waals surface area contributed by atoms with Crippen LogP contribution < -0.4 is 9.30 Å². The monoisotopic (exact) mass is 461 g/mol. The molecular formula is C27H23F2N2O3+. The summed E-state index contributed by atoms with van der Waals surface area (Å²) in [5.41, 5.74) is 1.99. The molecule has 0 radical (unpaired) electrons. The summed E-state index contributed by atoms with van der Waals surface area (Å²) in [6.07, 6.45) is 5.48. The van der Waals surface area contributed by atoms with Crippen molar-refractivity contribution >= 4 is 5.69 Å². The third-order valence-electron chi connectivity index (χ3n) is 5.60. The first-order valence-corrected chi connectivity index (χ1v) is 10.9. The number of nitrogens with zero attached hydrogens (tertiary/aromatic N) is 2. The fourth-order valence-corrected chi connectivity index (χ4v) is 3.83. The number of halogens is 2. The molecule has 0 N–H and O–H groups in total. The van der Waals surface area contributed by atoms with E-state index in [9.17, 15) is 18.9 Å². The van der Waals surface area contributed by atoms with Gasteiger partial charge in [0, 0.05) is 36.6 Å². The van der Waals surface area contributed by atoms with Crippen LogP contribution in [0.2, 0.25) is 0 Å². The average molecular weight is 461 g/mol. The van der Waals surface area contributed by atoms with Crippen LogP contribution in [0.4, 0.5) is 14.5 Å². The number of aryl methyl sites for hydroxylation is 1. The van der Waals surface area contributed by atoms with Crippen LogP contribution in [0.15, 0.2) is 97.3 Å². The van der Waals surface area contributed by atoms with E-state index in [1.165, 1.54) is 36.4 Å². The molecule has 0 unspecified atom stereocenters. The minimum atomic E-state index is -0.452. The highest BCUT2D eigenvalue weighted by molar-refractivity contribution is 5.38. The van der Waals surface area contributed by atoms with Crippen LogP contribution in [0.1, 0.15) is 29.9 Å². The number of hydrogen-bond donors (Lipinski definition) is 0. The van der Waals surface area contributed by atoms with Gasteiger partial charge in [0.15, 0.2) is 12.4 Å². The largest absolute Gasteiger partial charge is 0.457 e. The molecule has 0 atom stereocenters. The molecule has 3 aromatic carbocycles. The Hall–Kier alpha value is -4.13. The van der Waals surface area contributed by atoms with Gasteiger partial charge in [0.1, 0.15) is 29.7 Å². The highest BCUT2D eigenvalue weighted by atomic mass is 19.1. The Morgan fingerprint density at radius 1 is 0.765 bits per heavy atom. The van der Waals surface area contributed by atoms with E-state index in [-0.39, 0.29) is 23.2 Å². The Morgan fingerprint density at radius 3 is 1.76 bits per heavy atom. The molecule has 4 rings (SSSR count). The standard InChI is InChI=1S/C27H23F2N2O3/c28-22-7-3-20(4-8-22)27(21-5-9-23(29)10-6-21)2-1-17-30-18-15-26(16-19-30)34-25-13-11-24(12-14-25)31(32)33/h3-16,18-19,27H,1-2,17H2/q+1. The third-order valence-corrected chi connectivity index (χ3v) is 5.60. The van der Waals surface area contributed by atoms with Crippen LogP contribution >= 0.6 is 0 Å². The second kappa shape index (κ2) is 10.7. The molecule has 0 saturated carbocycles. The SMILES string of the molecule is O=[N+]([O-])c1ccc(Oc2cc[n+](CCCC(c3ccc(F)cc3)c3ccc(F)cc3)cc2)cc1. The topological polar surface area (TPSA) is 56.3 Å². The highest BCUT2D eigenvalue weighted by Crippen LogP contribution is 2.30. The van der Waals surface area contributed by atoms with Crippen molar-refractivity contribution in [2.24, 2.45) is 0 Å². The minimum absolute atomic E-state index is 0.0119. The molecule has 0 amide bonds. The van der Waals surface area contributed by atoms with E-state index in [1.54, 1.807) is 36.4 Å². The first kappa shape index (κ1) is 23.0. The molecular weight excluding hydrogens is 438 g/mol. The van der Waals surface area contributed by atoms with Gasteiger partial charge in [-0.3, -0.25) is 10.1 Å². The molecule has 0 aliphatic carbocycles. The number of nitro benzene ring substituents is 1. The third kappa shape index (κ3) is 6.01. The number of pyridine rings is 1. The number of rotatable bonds is 9. The van der Waals surface area contributed by atoms with Gasteiger partial charge in [0.05, 0.1) is 4.92 Å². The van der Waals surface area contributed by atoms with Gasteiger partial charge in [0.25, 0.3) is 5.69 Å². The maximum absolute atomic E-state index is 13.4. The van der Waals surface area contributed by atoms with Crippen molar-refractivity contribution in [1.29, 1.82) is 0 Å². The number of ether oxygens (including phenoxy) is 1. The number of aromatic nitrogens is 1. The Morgan fingerprint density at radius 2 is 1.26 bits per heavy atom. The Kier molecular flexibility index (Phi) is 7.22. The van der Waals surface area contributed by atoms with Gasteiger partial charge in [-0.1, -0.05) is 24.3 Å². The van der Waals surface area contributed by atoms with Gasteiger partial charge in [-0.05, 0) is 53.9 Å². The van der Waals surface area contributed by atoms with Crippen molar-refractivity contribution in [3.05, 3.63) is 130 Å². The number of benzene rings is 3. The Balaban J connectivity index is 1.38. The quantitative estimate of drug-likeness (QED) is 0.161. The minimum Gasteiger partial charge on any atom is -0.457 e. The highest BCUT2D eigenvalue weighted by Gasteiger charge is 2.16. The fraction of sp³-hybridized carbons (Fsp3) is 0.148. The molecule has 172 valence electrons. The molecule has 0 aliphatic rings. The smallest absolute Gasteiger partial charge is 0.269 e. The molecule has 5 nitrogen and oxygen atoms in total. The first-order valence-electron chi connectivity index (χ1n) is 10.9. The maximum atomic E-state index is 13.4. The van der Waals surface area contributed by atoms with Crippen molar-refractivity contribution < 1.29 is 23.0 Å². The van der Waals surface area contributed by atoms with Crippen LogP contribution in [0.3, 0.4) is 0 Å². The summed E-state index contributed by atoms with van der Waals surface area (Å²) in [6, 6.07) is 22.5. The number of hydrogen-bond acceptors (Lipinski definition) is 3. The van der Waals surface area contributed by atoms with Crippen LogP contribution in [-0.2, 0) is 6.54 Å². The Bertz CT molecular complexity index is 1180. The predicted octanol–water partition coefficient (Wildman–Crippen LogP) is 6.57. The van der Waals surface area contributed by atoms with Gasteiger partial charge in [-0.2, -0.15) is 0 Å². The lowest BCUT2D eigenvalue weighted by Crippen LogP contribution is -2.32. The lowest BCUT2D eigenvalue weighted by Gasteiger charge is -2.17. The normalized spacial score (nSPS) is 10.9. The molecule has 34 heavy (non-hydrogen) atoms. The molecule has 0 fully saturated rings. The zero-order valence-electron chi connectivity index (χ0n) is 18.3. The first-order chi connectivity index (χ1) is 16.5. The van der Waals surface area contributed by atoms with Crippen LogP contribution in [0, 0.1) is 21.7 Å². The summed E-state index contributed by atoms with van der Waals surface area (Å²) in [4.78, 5) is 10.3. The summed E-state index contributed by atoms with van der Waals surface area (Å²) in [5, 5.41) is 10.8. The predicted molar refractivity (Wildman–Crippen MR) is 124 cm³/mol. The molecule has 1 heterocycles. The summed E-state index contributed by atoms with van der Waals surface area (Å²) >= 11 is 0. The van der Waals surface area contributed by atoms with E-state index in [4.69, 9.17) is 4.74 Å². The van der Waals surface area contributed by atoms with Crippen molar-refractivity contribution in [3.8, 4) is 11.5 Å². The fourth-order valence-electron chi connectivity index (χ4n) is 3.83. The summed E-state index contributed by atoms with van der Waals surface area (Å²) < 4.78 is 34.6. The van der Waals surface area contributed by atoms with E-state index < -0.39 is 4.92 Å². The van der Waals surface area contributed by atoms with Gasteiger partial charge < -0.3 is 4.74 Å². The lowest BCUT2D eigenvalue weighted by atomic mass is 9.87. The van der Waals surface area contributed by atoms with Crippen molar-refractivity contribution in [2.75, 3.05) is 0 Å². The number of nitro groups is 1. The zero-order valence-corrected chi connectivity index (χ0v) is 18.3. The number of non-ortho nitro benzene ring substituents is 1. The molecule has 0 spiro atoms. The molecule has 0 saturated heterocycles. The van der Waals surface area contributed by atoms with Crippen molar-refractivity contribution in [3.63, 3.8) is 0 Å². The average Bonchev–Trinajstić information content (AvgIpc) is 2.85. The summed E-state index contributed by atoms with van der Waals surface area (Å²) in [6.45, 7) is 0.761. The van der Waals surface area contributed by atoms with Crippen molar-refractivity contribution in [2.45, 2.75) is 25.3 Å². The van der Waals surface area contributed by atoms with Gasteiger partial charge >= 0.3 is 0 Å². The lowest BCUT2D eigenvalue weighted by molar-refractivity contribution is -0.697. The van der Waals surface area contributed by atoms with E-state index in [0.717, 1.165) is 30.5 Å². The molecule has 4 aromatic rings. The molecule has 0 bridgehead atoms. The molecule has 1 aromatic heterocycles. The van der Waals surface area contributed by atoms with Crippen LogP contribution in [0.5, 0.6) is 11.5 Å². The van der Waals surface area contributed by atoms with Gasteiger partial charge in [-0.15, -0.1) is 0 Å².